The molecule has 0 aromatic carbocycles. The lowest BCUT2D eigenvalue weighted by molar-refractivity contribution is 0.0827. The van der Waals surface area contributed by atoms with E-state index in [4.69, 9.17) is 15.9 Å². The van der Waals surface area contributed by atoms with Crippen molar-refractivity contribution in [3.8, 4) is 0 Å². The molecule has 0 spiro atoms. The average molecular weight is 191 g/mol. The molecule has 4 N–H and O–H groups in total. The Morgan fingerprint density at radius 3 is 2.83 bits per heavy atom. The highest BCUT2D eigenvalue weighted by Gasteiger charge is 2.07. The van der Waals surface area contributed by atoms with E-state index in [1.165, 1.54) is 3.96 Å². The van der Waals surface area contributed by atoms with Crippen LogP contribution >= 0.6 is 11.5 Å². The van der Waals surface area contributed by atoms with Crippen LogP contribution in [0.3, 0.4) is 0 Å². The molecule has 1 rings (SSSR count). The van der Waals surface area contributed by atoms with Crippen LogP contribution < -0.4 is 11.4 Å². The fraction of sp³-hybridized carbons (Fsp3) is 0.600. The van der Waals surface area contributed by atoms with Crippen LogP contribution in [0.2, 0.25) is 0 Å². The third-order valence-electron chi connectivity index (χ3n) is 1.21. The van der Waals surface area contributed by atoms with Gasteiger partial charge in [-0.15, -0.1) is 0 Å². The Kier molecular flexibility index (Phi) is 2.79. The van der Waals surface area contributed by atoms with Crippen LogP contribution in [0.1, 0.15) is 0 Å². The monoisotopic (exact) mass is 191 g/mol. The molecule has 0 radical (unpaired) electrons. The van der Waals surface area contributed by atoms with Crippen molar-refractivity contribution >= 4 is 16.7 Å². The second-order valence-electron chi connectivity index (χ2n) is 2.22. The molecule has 1 aromatic heterocycles. The molecule has 1 heterocycles. The van der Waals surface area contributed by atoms with E-state index in [1.54, 1.807) is 0 Å². The van der Waals surface area contributed by atoms with Crippen LogP contribution in [0, 0.1) is 0 Å². The summed E-state index contributed by atoms with van der Waals surface area (Å²) in [6.45, 7) is -0.353. The molecule has 0 amide bonds. The van der Waals surface area contributed by atoms with Crippen molar-refractivity contribution < 1.29 is 10.2 Å². The van der Waals surface area contributed by atoms with E-state index < -0.39 is 11.8 Å². The molecule has 1 atom stereocenters. The summed E-state index contributed by atoms with van der Waals surface area (Å²) < 4.78 is 1.19. The third-order valence-corrected chi connectivity index (χ3v) is 2.01. The van der Waals surface area contributed by atoms with Gasteiger partial charge in [-0.25, -0.2) is 8.75 Å². The van der Waals surface area contributed by atoms with Gasteiger partial charge >= 0.3 is 5.69 Å². The van der Waals surface area contributed by atoms with E-state index in [-0.39, 0.29) is 18.3 Å². The highest BCUT2D eigenvalue weighted by Crippen LogP contribution is 2.02. The zero-order valence-electron chi connectivity index (χ0n) is 6.17. The third kappa shape index (κ3) is 2.03. The SMILES string of the molecule is Nc1nc(=O)n(C[C@H](O)CO)s1. The van der Waals surface area contributed by atoms with Gasteiger partial charge < -0.3 is 15.9 Å². The van der Waals surface area contributed by atoms with E-state index in [0.29, 0.717) is 0 Å². The summed E-state index contributed by atoms with van der Waals surface area (Å²) in [6, 6.07) is 0. The Labute approximate surface area is 72.0 Å². The molecule has 0 aliphatic rings. The van der Waals surface area contributed by atoms with Gasteiger partial charge in [-0.2, -0.15) is 4.98 Å². The molecule has 7 heteroatoms. The molecular formula is C5H9N3O3S. The Balaban J connectivity index is 2.75. The first kappa shape index (κ1) is 9.17. The Morgan fingerprint density at radius 2 is 2.42 bits per heavy atom. The average Bonchev–Trinajstić information content (AvgIpc) is 2.30. The standard InChI is InChI=1S/C5H9N3O3S/c6-4-7-5(11)8(12-4)1-3(10)2-9/h3,9-10H,1-2H2,(H2,6,7,11)/t3-/m0/s1. The number of hydrogen-bond acceptors (Lipinski definition) is 6. The summed E-state index contributed by atoms with van der Waals surface area (Å²) in [5.41, 5.74) is 4.74. The van der Waals surface area contributed by atoms with Gasteiger partial charge in [0.05, 0.1) is 19.3 Å². The fourth-order valence-electron chi connectivity index (χ4n) is 0.687. The first-order valence-corrected chi connectivity index (χ1v) is 4.03. The van der Waals surface area contributed by atoms with Gasteiger partial charge in [0.2, 0.25) is 5.13 Å². The van der Waals surface area contributed by atoms with E-state index in [1.807, 2.05) is 0 Å². The number of nitrogen functional groups attached to an aromatic ring is 1. The zero-order valence-corrected chi connectivity index (χ0v) is 6.99. The lowest BCUT2D eigenvalue weighted by Gasteiger charge is -2.04. The largest absolute Gasteiger partial charge is 0.394 e. The Morgan fingerprint density at radius 1 is 1.75 bits per heavy atom. The summed E-state index contributed by atoms with van der Waals surface area (Å²) in [5.74, 6) is 0. The van der Waals surface area contributed by atoms with Crippen molar-refractivity contribution in [2.75, 3.05) is 12.3 Å². The van der Waals surface area contributed by atoms with Gasteiger partial charge in [-0.3, -0.25) is 0 Å². The van der Waals surface area contributed by atoms with E-state index >= 15 is 0 Å². The summed E-state index contributed by atoms with van der Waals surface area (Å²) in [6.07, 6.45) is -0.942. The fourth-order valence-corrected chi connectivity index (χ4v) is 1.40. The molecule has 0 fully saturated rings. The van der Waals surface area contributed by atoms with Crippen molar-refractivity contribution in [2.45, 2.75) is 12.6 Å². The molecule has 6 nitrogen and oxygen atoms in total. The number of aliphatic hydroxyl groups is 2. The normalized spacial score (nSPS) is 13.2. The molecule has 0 saturated carbocycles. The number of aromatic nitrogens is 2. The molecule has 0 bridgehead atoms. The second-order valence-corrected chi connectivity index (χ2v) is 3.26. The van der Waals surface area contributed by atoms with Gasteiger partial charge in [0.25, 0.3) is 0 Å². The molecule has 12 heavy (non-hydrogen) atoms. The molecular weight excluding hydrogens is 182 g/mol. The van der Waals surface area contributed by atoms with Gasteiger partial charge in [0.15, 0.2) is 0 Å². The van der Waals surface area contributed by atoms with Gasteiger partial charge in [-0.05, 0) is 11.5 Å². The van der Waals surface area contributed by atoms with Crippen LogP contribution in [0.5, 0.6) is 0 Å². The van der Waals surface area contributed by atoms with Crippen LogP contribution in [0.25, 0.3) is 0 Å². The van der Waals surface area contributed by atoms with Crippen molar-refractivity contribution in [1.29, 1.82) is 0 Å². The predicted molar refractivity (Wildman–Crippen MR) is 43.9 cm³/mol. The smallest absolute Gasteiger partial charge is 0.359 e. The molecule has 1 aromatic rings. The molecule has 0 saturated heterocycles. The number of nitrogens with zero attached hydrogens (tertiary/aromatic N) is 2. The maximum Gasteiger partial charge on any atom is 0.359 e. The van der Waals surface area contributed by atoms with Crippen molar-refractivity contribution in [3.05, 3.63) is 10.5 Å². The van der Waals surface area contributed by atoms with E-state index in [0.717, 1.165) is 11.5 Å². The quantitative estimate of drug-likeness (QED) is 0.525. The zero-order chi connectivity index (χ0) is 9.14. The van der Waals surface area contributed by atoms with Gasteiger partial charge in [0, 0.05) is 0 Å². The minimum Gasteiger partial charge on any atom is -0.394 e. The van der Waals surface area contributed by atoms with Crippen LogP contribution in [-0.2, 0) is 6.54 Å². The van der Waals surface area contributed by atoms with Crippen LogP contribution in [0.15, 0.2) is 4.79 Å². The summed E-state index contributed by atoms with van der Waals surface area (Å²) in [5, 5.41) is 17.6. The molecule has 0 aliphatic carbocycles. The van der Waals surface area contributed by atoms with Gasteiger partial charge in [-0.1, -0.05) is 0 Å². The second kappa shape index (κ2) is 3.65. The summed E-state index contributed by atoms with van der Waals surface area (Å²) >= 11 is 0.958. The highest BCUT2D eigenvalue weighted by molar-refractivity contribution is 7.10. The van der Waals surface area contributed by atoms with Crippen LogP contribution in [-0.4, -0.2) is 31.9 Å². The van der Waals surface area contributed by atoms with Crippen molar-refractivity contribution in [3.63, 3.8) is 0 Å². The van der Waals surface area contributed by atoms with Gasteiger partial charge in [0.1, 0.15) is 0 Å². The Bertz CT molecular complexity index is 307. The number of rotatable bonds is 3. The van der Waals surface area contributed by atoms with Crippen LogP contribution in [0.4, 0.5) is 5.13 Å². The number of aliphatic hydroxyl groups excluding tert-OH is 2. The Hall–Kier alpha value is -0.920. The van der Waals surface area contributed by atoms with Crippen molar-refractivity contribution in [2.24, 2.45) is 0 Å². The summed E-state index contributed by atoms with van der Waals surface area (Å²) in [7, 11) is 0. The lowest BCUT2D eigenvalue weighted by Crippen LogP contribution is -2.25. The molecule has 0 aliphatic heterocycles. The number of hydrogen-bond donors (Lipinski definition) is 3. The summed E-state index contributed by atoms with van der Waals surface area (Å²) in [4.78, 5) is 14.3. The van der Waals surface area contributed by atoms with E-state index in [2.05, 4.69) is 4.98 Å². The molecule has 68 valence electrons. The minimum atomic E-state index is -0.942. The predicted octanol–water partition coefficient (Wildman–Crippen LogP) is -1.76. The van der Waals surface area contributed by atoms with E-state index in [9.17, 15) is 4.79 Å². The minimum absolute atomic E-state index is 0.0319. The lowest BCUT2D eigenvalue weighted by atomic mass is 10.4. The topological polar surface area (TPSA) is 101 Å². The first-order chi connectivity index (χ1) is 5.63. The maximum absolute atomic E-state index is 10.9. The first-order valence-electron chi connectivity index (χ1n) is 3.26. The number of anilines is 1. The highest BCUT2D eigenvalue weighted by atomic mass is 32.1. The maximum atomic E-state index is 10.9. The van der Waals surface area contributed by atoms with Crippen molar-refractivity contribution in [1.82, 2.24) is 8.94 Å². The molecule has 0 unspecified atom stereocenters. The number of nitrogens with two attached hydrogens (primary N) is 1.